The predicted molar refractivity (Wildman–Crippen MR) is 28.6 cm³/mol. The molecule has 0 aliphatic carbocycles. The fraction of sp³-hybridized carbons (Fsp3) is 1.00. The number of halogens is 1. The van der Waals surface area contributed by atoms with Crippen LogP contribution in [0.15, 0.2) is 0 Å². The fourth-order valence-corrected chi connectivity index (χ4v) is 0.440. The van der Waals surface area contributed by atoms with Gasteiger partial charge in [0.2, 0.25) is 0 Å². The van der Waals surface area contributed by atoms with Crippen molar-refractivity contribution in [2.45, 2.75) is 26.0 Å². The summed E-state index contributed by atoms with van der Waals surface area (Å²) in [6.07, 6.45) is 2.42. The van der Waals surface area contributed by atoms with Gasteiger partial charge in [-0.15, -0.1) is 0 Å². The van der Waals surface area contributed by atoms with Crippen molar-refractivity contribution in [3.8, 4) is 0 Å². The Kier molecular flexibility index (Phi) is 9.97. The van der Waals surface area contributed by atoms with Crippen molar-refractivity contribution in [1.29, 1.82) is 0 Å². The number of rotatable bonds is 3. The lowest BCUT2D eigenvalue weighted by Crippen LogP contribution is -3.00. The topological polar surface area (TPSA) is 36.9 Å². The summed E-state index contributed by atoms with van der Waals surface area (Å²) in [6.45, 7) is 2.12. The molecule has 0 aromatic heterocycles. The Hall–Kier alpha value is 0.210. The molecular formula is C5H14ClNO. The monoisotopic (exact) mass is 139 g/mol. The smallest absolute Gasteiger partial charge is 0.188 e. The van der Waals surface area contributed by atoms with Gasteiger partial charge in [-0.3, -0.25) is 0 Å². The lowest BCUT2D eigenvalue weighted by Gasteiger charge is -2.00. The lowest BCUT2D eigenvalue weighted by molar-refractivity contribution is -0.488. The molecule has 0 radical (unpaired) electrons. The molecule has 0 rings (SSSR count). The zero-order chi connectivity index (χ0) is 5.70. The molecule has 0 amide bonds. The molecule has 0 fully saturated rings. The van der Waals surface area contributed by atoms with Crippen LogP contribution in [0.3, 0.4) is 0 Å². The van der Waals surface area contributed by atoms with E-state index in [2.05, 4.69) is 12.7 Å². The molecule has 0 heterocycles. The number of ether oxygens (including phenoxy) is 1. The van der Waals surface area contributed by atoms with E-state index in [-0.39, 0.29) is 18.6 Å². The third-order valence-corrected chi connectivity index (χ3v) is 0.944. The average Bonchev–Trinajstić information content (AvgIpc) is 1.68. The molecule has 3 N–H and O–H groups in total. The van der Waals surface area contributed by atoms with Crippen LogP contribution in [0, 0.1) is 0 Å². The van der Waals surface area contributed by atoms with E-state index >= 15 is 0 Å². The van der Waals surface area contributed by atoms with E-state index in [9.17, 15) is 0 Å². The van der Waals surface area contributed by atoms with Crippen LogP contribution in [-0.2, 0) is 4.74 Å². The highest BCUT2D eigenvalue weighted by Crippen LogP contribution is 1.88. The van der Waals surface area contributed by atoms with Crippen LogP contribution < -0.4 is 18.1 Å². The number of quaternary nitrogens is 1. The molecule has 0 saturated heterocycles. The van der Waals surface area contributed by atoms with Crippen molar-refractivity contribution in [2.24, 2.45) is 0 Å². The van der Waals surface area contributed by atoms with E-state index in [1.54, 1.807) is 7.11 Å². The minimum Gasteiger partial charge on any atom is -1.00 e. The second-order valence-electron chi connectivity index (χ2n) is 1.65. The molecule has 0 aliphatic rings. The molecule has 1 unspecified atom stereocenters. The standard InChI is InChI=1S/C5H13NO.ClH/c1-3-4-5(6)7-2;/h5H,3-4,6H2,1-2H3;1H. The van der Waals surface area contributed by atoms with E-state index in [1.165, 1.54) is 0 Å². The van der Waals surface area contributed by atoms with Gasteiger partial charge in [-0.2, -0.15) is 0 Å². The summed E-state index contributed by atoms with van der Waals surface area (Å²) in [6, 6.07) is 0. The maximum absolute atomic E-state index is 4.88. The summed E-state index contributed by atoms with van der Waals surface area (Å²) < 4.78 is 4.88. The molecule has 2 nitrogen and oxygen atoms in total. The minimum atomic E-state index is 0. The Morgan fingerprint density at radius 3 is 2.25 bits per heavy atom. The molecular weight excluding hydrogens is 126 g/mol. The van der Waals surface area contributed by atoms with Crippen molar-refractivity contribution in [1.82, 2.24) is 0 Å². The Morgan fingerprint density at radius 2 is 2.12 bits per heavy atom. The van der Waals surface area contributed by atoms with Crippen LogP contribution in [0.1, 0.15) is 19.8 Å². The Labute approximate surface area is 56.8 Å². The fourth-order valence-electron chi connectivity index (χ4n) is 0.440. The summed E-state index contributed by atoms with van der Waals surface area (Å²) in [5.41, 5.74) is 3.72. The van der Waals surface area contributed by atoms with E-state index < -0.39 is 0 Å². The van der Waals surface area contributed by atoms with Gasteiger partial charge in [-0.25, -0.2) is 0 Å². The maximum Gasteiger partial charge on any atom is 0.188 e. The van der Waals surface area contributed by atoms with E-state index in [1.807, 2.05) is 0 Å². The highest BCUT2D eigenvalue weighted by atomic mass is 35.5. The number of methoxy groups -OCH3 is 1. The van der Waals surface area contributed by atoms with Crippen molar-refractivity contribution in [3.63, 3.8) is 0 Å². The van der Waals surface area contributed by atoms with Crippen LogP contribution in [0.2, 0.25) is 0 Å². The molecule has 0 aromatic rings. The molecule has 0 saturated carbocycles. The van der Waals surface area contributed by atoms with Crippen molar-refractivity contribution >= 4 is 0 Å². The van der Waals surface area contributed by atoms with Gasteiger partial charge in [0.25, 0.3) is 0 Å². The van der Waals surface area contributed by atoms with Crippen molar-refractivity contribution in [3.05, 3.63) is 0 Å². The largest absolute Gasteiger partial charge is 1.00 e. The summed E-state index contributed by atoms with van der Waals surface area (Å²) in [4.78, 5) is 0. The number of hydrogen-bond acceptors (Lipinski definition) is 1. The van der Waals surface area contributed by atoms with Gasteiger partial charge in [0.1, 0.15) is 0 Å². The molecule has 3 heteroatoms. The number of hydrogen-bond donors (Lipinski definition) is 1. The first-order valence-electron chi connectivity index (χ1n) is 2.67. The molecule has 0 aromatic carbocycles. The first kappa shape index (κ1) is 11.1. The zero-order valence-electron chi connectivity index (χ0n) is 5.48. The third kappa shape index (κ3) is 6.21. The van der Waals surface area contributed by atoms with Crippen LogP contribution in [0.25, 0.3) is 0 Å². The molecule has 1 atom stereocenters. The van der Waals surface area contributed by atoms with Crippen LogP contribution >= 0.6 is 0 Å². The summed E-state index contributed by atoms with van der Waals surface area (Å²) >= 11 is 0. The lowest BCUT2D eigenvalue weighted by atomic mass is 10.3. The molecule has 0 aliphatic heterocycles. The Balaban J connectivity index is 0. The minimum absolute atomic E-state index is 0. The van der Waals surface area contributed by atoms with Gasteiger partial charge in [0.05, 0.1) is 0 Å². The first-order chi connectivity index (χ1) is 3.31. The second-order valence-corrected chi connectivity index (χ2v) is 1.65. The Morgan fingerprint density at radius 1 is 1.62 bits per heavy atom. The second kappa shape index (κ2) is 7.21. The normalized spacial score (nSPS) is 12.4. The van der Waals surface area contributed by atoms with Gasteiger partial charge < -0.3 is 22.9 Å². The van der Waals surface area contributed by atoms with E-state index in [4.69, 9.17) is 4.74 Å². The quantitative estimate of drug-likeness (QED) is 0.416. The molecule has 0 bridgehead atoms. The van der Waals surface area contributed by atoms with Crippen molar-refractivity contribution < 1.29 is 22.9 Å². The van der Waals surface area contributed by atoms with Gasteiger partial charge in [0.15, 0.2) is 6.23 Å². The predicted octanol–water partition coefficient (Wildman–Crippen LogP) is -3.00. The third-order valence-electron chi connectivity index (χ3n) is 0.944. The van der Waals surface area contributed by atoms with E-state index in [0.717, 1.165) is 12.8 Å². The summed E-state index contributed by atoms with van der Waals surface area (Å²) in [5, 5.41) is 0. The van der Waals surface area contributed by atoms with Crippen LogP contribution in [0.4, 0.5) is 0 Å². The molecule has 8 heavy (non-hydrogen) atoms. The average molecular weight is 140 g/mol. The summed E-state index contributed by atoms with van der Waals surface area (Å²) in [7, 11) is 1.69. The van der Waals surface area contributed by atoms with Gasteiger partial charge >= 0.3 is 0 Å². The van der Waals surface area contributed by atoms with Crippen LogP contribution in [-0.4, -0.2) is 13.3 Å². The molecule has 52 valence electrons. The highest BCUT2D eigenvalue weighted by molar-refractivity contribution is 4.32. The highest BCUT2D eigenvalue weighted by Gasteiger charge is 1.97. The molecule has 0 spiro atoms. The Bertz CT molecular complexity index is 43.4. The summed E-state index contributed by atoms with van der Waals surface area (Å²) in [5.74, 6) is 0. The SMILES string of the molecule is CCCC([NH3+])OC.[Cl-]. The van der Waals surface area contributed by atoms with Crippen molar-refractivity contribution in [2.75, 3.05) is 7.11 Å². The van der Waals surface area contributed by atoms with Crippen LogP contribution in [0.5, 0.6) is 0 Å². The maximum atomic E-state index is 4.88. The van der Waals surface area contributed by atoms with Gasteiger partial charge in [-0.05, 0) is 6.42 Å². The first-order valence-corrected chi connectivity index (χ1v) is 2.67. The van der Waals surface area contributed by atoms with E-state index in [0.29, 0.717) is 0 Å². The van der Waals surface area contributed by atoms with Gasteiger partial charge in [-0.1, -0.05) is 6.92 Å². The zero-order valence-corrected chi connectivity index (χ0v) is 6.24. The van der Waals surface area contributed by atoms with Gasteiger partial charge in [0, 0.05) is 13.5 Å².